The van der Waals surface area contributed by atoms with Crippen molar-refractivity contribution < 1.29 is 23.1 Å². The minimum Gasteiger partial charge on any atom is -0.435 e. The van der Waals surface area contributed by atoms with Gasteiger partial charge in [0, 0.05) is 13.6 Å². The van der Waals surface area contributed by atoms with Crippen molar-refractivity contribution in [1.29, 1.82) is 0 Å². The highest BCUT2D eigenvalue weighted by atomic mass is 35.5. The standard InChI is InChI=1S/C16H23F2N3O3.ClH/c1-10(2)14(19)15(23)20-8-13(22)21(3)9-11-4-6-12(7-5-11)24-16(17)18;/h4-7,10,14,16H,8-9,19H2,1-3H3,(H,20,23);1H/t14-;/m0./s1. The van der Waals surface area contributed by atoms with Gasteiger partial charge in [0.15, 0.2) is 0 Å². The molecule has 0 saturated heterocycles. The number of carbonyl (C=O) groups excluding carboxylic acids is 2. The lowest BCUT2D eigenvalue weighted by atomic mass is 10.1. The summed E-state index contributed by atoms with van der Waals surface area (Å²) in [4.78, 5) is 25.1. The second-order valence-electron chi connectivity index (χ2n) is 5.76. The Balaban J connectivity index is 0.00000576. The van der Waals surface area contributed by atoms with Crippen LogP contribution in [0.1, 0.15) is 19.4 Å². The van der Waals surface area contributed by atoms with E-state index in [4.69, 9.17) is 5.73 Å². The average molecular weight is 380 g/mol. The van der Waals surface area contributed by atoms with E-state index >= 15 is 0 Å². The third-order valence-corrected chi connectivity index (χ3v) is 3.43. The van der Waals surface area contributed by atoms with Crippen molar-refractivity contribution in [2.45, 2.75) is 33.0 Å². The molecule has 142 valence electrons. The molecule has 25 heavy (non-hydrogen) atoms. The minimum absolute atomic E-state index is 0. The lowest BCUT2D eigenvalue weighted by Gasteiger charge is -2.19. The molecule has 6 nitrogen and oxygen atoms in total. The number of halogens is 3. The van der Waals surface area contributed by atoms with Crippen LogP contribution in [0.2, 0.25) is 0 Å². The fourth-order valence-electron chi connectivity index (χ4n) is 1.86. The zero-order valence-corrected chi connectivity index (χ0v) is 15.2. The molecule has 0 aliphatic heterocycles. The largest absolute Gasteiger partial charge is 0.435 e. The summed E-state index contributed by atoms with van der Waals surface area (Å²) in [5.41, 5.74) is 6.44. The lowest BCUT2D eigenvalue weighted by molar-refractivity contribution is -0.132. The highest BCUT2D eigenvalue weighted by molar-refractivity contribution is 5.87. The van der Waals surface area contributed by atoms with Gasteiger partial charge in [-0.2, -0.15) is 8.78 Å². The van der Waals surface area contributed by atoms with E-state index in [1.807, 2.05) is 13.8 Å². The van der Waals surface area contributed by atoms with Gasteiger partial charge >= 0.3 is 6.61 Å². The van der Waals surface area contributed by atoms with Crippen LogP contribution in [0.25, 0.3) is 0 Å². The third kappa shape index (κ3) is 8.13. The minimum atomic E-state index is -2.87. The third-order valence-electron chi connectivity index (χ3n) is 3.43. The van der Waals surface area contributed by atoms with Gasteiger partial charge in [0.25, 0.3) is 0 Å². The van der Waals surface area contributed by atoms with Gasteiger partial charge in [0.05, 0.1) is 12.6 Å². The van der Waals surface area contributed by atoms with Crippen molar-refractivity contribution in [1.82, 2.24) is 10.2 Å². The van der Waals surface area contributed by atoms with Gasteiger partial charge in [-0.1, -0.05) is 26.0 Å². The van der Waals surface area contributed by atoms with Gasteiger partial charge < -0.3 is 20.7 Å². The van der Waals surface area contributed by atoms with Gasteiger partial charge in [-0.3, -0.25) is 9.59 Å². The van der Waals surface area contributed by atoms with Crippen LogP contribution in [-0.2, 0) is 16.1 Å². The molecule has 0 aliphatic rings. The molecular formula is C16H24ClF2N3O3. The van der Waals surface area contributed by atoms with Gasteiger partial charge in [0.2, 0.25) is 11.8 Å². The van der Waals surface area contributed by atoms with Crippen LogP contribution in [-0.4, -0.2) is 43.0 Å². The van der Waals surface area contributed by atoms with Gasteiger partial charge in [0.1, 0.15) is 5.75 Å². The molecule has 0 aliphatic carbocycles. The quantitative estimate of drug-likeness (QED) is 0.721. The fourth-order valence-corrected chi connectivity index (χ4v) is 1.86. The highest BCUT2D eigenvalue weighted by Gasteiger charge is 2.18. The van der Waals surface area contributed by atoms with Crippen LogP contribution in [0.3, 0.4) is 0 Å². The smallest absolute Gasteiger partial charge is 0.387 e. The number of likely N-dealkylation sites (N-methyl/N-ethyl adjacent to an activating group) is 1. The van der Waals surface area contributed by atoms with E-state index in [2.05, 4.69) is 10.1 Å². The first-order valence-electron chi connectivity index (χ1n) is 7.51. The predicted octanol–water partition coefficient (Wildman–Crippen LogP) is 1.77. The molecule has 0 bridgehead atoms. The Labute approximate surface area is 152 Å². The van der Waals surface area contributed by atoms with Crippen LogP contribution >= 0.6 is 12.4 Å². The summed E-state index contributed by atoms with van der Waals surface area (Å²) in [7, 11) is 1.58. The Morgan fingerprint density at radius 2 is 1.80 bits per heavy atom. The normalized spacial score (nSPS) is 11.7. The molecule has 9 heteroatoms. The van der Waals surface area contributed by atoms with Crippen molar-refractivity contribution in [3.8, 4) is 5.75 Å². The van der Waals surface area contributed by atoms with E-state index in [9.17, 15) is 18.4 Å². The Bertz CT molecular complexity index is 556. The molecule has 0 saturated carbocycles. The van der Waals surface area contributed by atoms with E-state index in [1.54, 1.807) is 19.2 Å². The molecular weight excluding hydrogens is 356 g/mol. The van der Waals surface area contributed by atoms with E-state index < -0.39 is 12.7 Å². The number of nitrogens with one attached hydrogen (secondary N) is 1. The molecule has 1 aromatic carbocycles. The Morgan fingerprint density at radius 1 is 1.24 bits per heavy atom. The number of hydrogen-bond donors (Lipinski definition) is 2. The molecule has 0 spiro atoms. The number of amides is 2. The number of alkyl halides is 2. The zero-order valence-electron chi connectivity index (χ0n) is 14.4. The summed E-state index contributed by atoms with van der Waals surface area (Å²) in [6.45, 7) is 0.891. The molecule has 0 aromatic heterocycles. The topological polar surface area (TPSA) is 84.7 Å². The molecule has 3 N–H and O–H groups in total. The summed E-state index contributed by atoms with van der Waals surface area (Å²) in [6, 6.07) is 5.33. The maximum atomic E-state index is 12.1. The highest BCUT2D eigenvalue weighted by Crippen LogP contribution is 2.15. The van der Waals surface area contributed by atoms with Crippen molar-refractivity contribution in [2.75, 3.05) is 13.6 Å². The van der Waals surface area contributed by atoms with Crippen molar-refractivity contribution in [2.24, 2.45) is 11.7 Å². The Morgan fingerprint density at radius 3 is 2.28 bits per heavy atom. The maximum absolute atomic E-state index is 12.1. The van der Waals surface area contributed by atoms with Crippen LogP contribution in [0.4, 0.5) is 8.78 Å². The van der Waals surface area contributed by atoms with Gasteiger partial charge in [-0.15, -0.1) is 12.4 Å². The fraction of sp³-hybridized carbons (Fsp3) is 0.500. The van der Waals surface area contributed by atoms with Crippen LogP contribution in [0.15, 0.2) is 24.3 Å². The molecule has 0 fully saturated rings. The van der Waals surface area contributed by atoms with E-state index in [1.165, 1.54) is 17.0 Å². The number of carbonyl (C=O) groups is 2. The molecule has 1 rings (SSSR count). The van der Waals surface area contributed by atoms with Crippen LogP contribution in [0, 0.1) is 5.92 Å². The van der Waals surface area contributed by atoms with Gasteiger partial charge in [-0.25, -0.2) is 0 Å². The molecule has 1 atom stereocenters. The summed E-state index contributed by atoms with van der Waals surface area (Å²) >= 11 is 0. The van der Waals surface area contributed by atoms with Crippen molar-refractivity contribution in [3.05, 3.63) is 29.8 Å². The number of benzene rings is 1. The molecule has 1 aromatic rings. The van der Waals surface area contributed by atoms with Gasteiger partial charge in [-0.05, 0) is 23.6 Å². The second-order valence-corrected chi connectivity index (χ2v) is 5.76. The van der Waals surface area contributed by atoms with Crippen LogP contribution < -0.4 is 15.8 Å². The average Bonchev–Trinajstić information content (AvgIpc) is 2.52. The molecule has 2 amide bonds. The summed E-state index contributed by atoms with van der Waals surface area (Å²) in [5.74, 6) is -0.628. The number of nitrogens with two attached hydrogens (primary N) is 1. The maximum Gasteiger partial charge on any atom is 0.387 e. The number of ether oxygens (including phenoxy) is 1. The number of rotatable bonds is 8. The molecule has 0 heterocycles. The summed E-state index contributed by atoms with van der Waals surface area (Å²) < 4.78 is 28.4. The predicted molar refractivity (Wildman–Crippen MR) is 92.6 cm³/mol. The first-order chi connectivity index (χ1) is 11.2. The SMILES string of the molecule is CC(C)[C@H](N)C(=O)NCC(=O)N(C)Cc1ccc(OC(F)F)cc1.Cl. The summed E-state index contributed by atoms with van der Waals surface area (Å²) in [5, 5.41) is 2.50. The van der Waals surface area contributed by atoms with Crippen molar-refractivity contribution in [3.63, 3.8) is 0 Å². The first kappa shape index (κ1) is 23.1. The van der Waals surface area contributed by atoms with E-state index in [0.717, 1.165) is 5.56 Å². The molecule has 0 radical (unpaired) electrons. The molecule has 0 unspecified atom stereocenters. The van der Waals surface area contributed by atoms with E-state index in [-0.39, 0.29) is 49.0 Å². The monoisotopic (exact) mass is 379 g/mol. The van der Waals surface area contributed by atoms with E-state index in [0.29, 0.717) is 0 Å². The van der Waals surface area contributed by atoms with Crippen LogP contribution in [0.5, 0.6) is 5.75 Å². The lowest BCUT2D eigenvalue weighted by Crippen LogP contribution is -2.47. The van der Waals surface area contributed by atoms with Crippen molar-refractivity contribution >= 4 is 24.2 Å². The summed E-state index contributed by atoms with van der Waals surface area (Å²) in [6.07, 6.45) is 0. The Kier molecular flexibility index (Phi) is 10.00. The number of hydrogen-bond acceptors (Lipinski definition) is 4. The zero-order chi connectivity index (χ0) is 18.3. The Hall–Kier alpha value is -1.93. The second kappa shape index (κ2) is 10.8. The number of nitrogens with zero attached hydrogens (tertiary/aromatic N) is 1. The first-order valence-corrected chi connectivity index (χ1v) is 7.51.